The Kier molecular flexibility index (Phi) is 4.32. The molecule has 1 aliphatic rings. The minimum atomic E-state index is -0.912. The maximum absolute atomic E-state index is 13.0. The van der Waals surface area contributed by atoms with Gasteiger partial charge in [-0.15, -0.1) is 5.10 Å². The van der Waals surface area contributed by atoms with Crippen molar-refractivity contribution < 1.29 is 14.3 Å². The molecular weight excluding hydrogens is 323 g/mol. The van der Waals surface area contributed by atoms with Crippen molar-refractivity contribution in [3.63, 3.8) is 0 Å². The summed E-state index contributed by atoms with van der Waals surface area (Å²) in [7, 11) is 0. The zero-order valence-corrected chi connectivity index (χ0v) is 14.5. The van der Waals surface area contributed by atoms with E-state index in [1.165, 1.54) is 17.0 Å². The first kappa shape index (κ1) is 17.1. The zero-order valence-electron chi connectivity index (χ0n) is 14.5. The third-order valence-electron chi connectivity index (χ3n) is 4.48. The highest BCUT2D eigenvalue weighted by molar-refractivity contribution is 5.71. The van der Waals surface area contributed by atoms with Crippen LogP contribution in [0.15, 0.2) is 36.5 Å². The Morgan fingerprint density at radius 1 is 1.28 bits per heavy atom. The van der Waals surface area contributed by atoms with E-state index in [9.17, 15) is 14.3 Å². The second-order valence-electron chi connectivity index (χ2n) is 7.28. The summed E-state index contributed by atoms with van der Waals surface area (Å²) in [6.07, 6.45) is 3.34. The van der Waals surface area contributed by atoms with Crippen LogP contribution in [0.2, 0.25) is 0 Å². The standard InChI is InChI=1S/C18H21FN4O2/c1-18(2,3)16-10-12(8-9-22(16)17(24)25)15-11-23(21-20-15)14-6-4-13(19)5-7-14/h4-8,11,16H,9-10H2,1-3H3,(H,24,25). The van der Waals surface area contributed by atoms with Crippen LogP contribution in [0.3, 0.4) is 0 Å². The van der Waals surface area contributed by atoms with Crippen LogP contribution in [-0.4, -0.2) is 43.7 Å². The van der Waals surface area contributed by atoms with E-state index < -0.39 is 6.09 Å². The van der Waals surface area contributed by atoms with E-state index in [1.54, 1.807) is 23.0 Å². The molecule has 1 atom stereocenters. The summed E-state index contributed by atoms with van der Waals surface area (Å²) in [6.45, 7) is 6.43. The molecule has 1 aliphatic heterocycles. The molecule has 1 N–H and O–H groups in total. The Balaban J connectivity index is 1.87. The molecule has 0 radical (unpaired) electrons. The van der Waals surface area contributed by atoms with Crippen LogP contribution in [0.1, 0.15) is 32.9 Å². The Labute approximate surface area is 145 Å². The van der Waals surface area contributed by atoms with Gasteiger partial charge in [0, 0.05) is 12.6 Å². The van der Waals surface area contributed by atoms with Crippen molar-refractivity contribution in [2.45, 2.75) is 33.2 Å². The molecule has 0 fully saturated rings. The molecule has 1 unspecified atom stereocenters. The topological polar surface area (TPSA) is 71.2 Å². The van der Waals surface area contributed by atoms with E-state index in [-0.39, 0.29) is 17.3 Å². The van der Waals surface area contributed by atoms with Crippen molar-refractivity contribution in [3.8, 4) is 5.69 Å². The lowest BCUT2D eigenvalue weighted by atomic mass is 9.80. The molecule has 0 spiro atoms. The van der Waals surface area contributed by atoms with Crippen molar-refractivity contribution in [1.82, 2.24) is 19.9 Å². The van der Waals surface area contributed by atoms with Gasteiger partial charge < -0.3 is 10.0 Å². The summed E-state index contributed by atoms with van der Waals surface area (Å²) >= 11 is 0. The molecular formula is C18H21FN4O2. The quantitative estimate of drug-likeness (QED) is 0.904. The van der Waals surface area contributed by atoms with Gasteiger partial charge in [-0.3, -0.25) is 0 Å². The number of carboxylic acid groups (broad SMARTS) is 1. The van der Waals surface area contributed by atoms with Gasteiger partial charge in [-0.05, 0) is 41.7 Å². The lowest BCUT2D eigenvalue weighted by Gasteiger charge is -2.41. The molecule has 6 nitrogen and oxygen atoms in total. The summed E-state index contributed by atoms with van der Waals surface area (Å²) in [5.41, 5.74) is 2.22. The summed E-state index contributed by atoms with van der Waals surface area (Å²) in [5.74, 6) is -0.305. The molecule has 0 aliphatic carbocycles. The summed E-state index contributed by atoms with van der Waals surface area (Å²) in [6, 6.07) is 5.87. The van der Waals surface area contributed by atoms with Gasteiger partial charge in [0.15, 0.2) is 0 Å². The molecule has 0 saturated heterocycles. The molecule has 1 aromatic heterocycles. The number of rotatable bonds is 2. The lowest BCUT2D eigenvalue weighted by Crippen LogP contribution is -2.48. The Morgan fingerprint density at radius 2 is 1.96 bits per heavy atom. The number of hydrogen-bond acceptors (Lipinski definition) is 3. The number of halogens is 1. The first-order valence-corrected chi connectivity index (χ1v) is 8.13. The van der Waals surface area contributed by atoms with Crippen molar-refractivity contribution in [1.29, 1.82) is 0 Å². The fourth-order valence-corrected chi connectivity index (χ4v) is 3.06. The summed E-state index contributed by atoms with van der Waals surface area (Å²) in [5, 5.41) is 17.8. The van der Waals surface area contributed by atoms with Gasteiger partial charge in [0.2, 0.25) is 0 Å². The van der Waals surface area contributed by atoms with E-state index in [0.717, 1.165) is 11.3 Å². The number of nitrogens with zero attached hydrogens (tertiary/aromatic N) is 4. The van der Waals surface area contributed by atoms with Crippen LogP contribution >= 0.6 is 0 Å². The number of amides is 1. The predicted octanol–water partition coefficient (Wildman–Crippen LogP) is 3.59. The molecule has 2 heterocycles. The molecule has 0 saturated carbocycles. The second-order valence-corrected chi connectivity index (χ2v) is 7.28. The summed E-state index contributed by atoms with van der Waals surface area (Å²) < 4.78 is 14.6. The van der Waals surface area contributed by atoms with Gasteiger partial charge in [0.1, 0.15) is 11.5 Å². The van der Waals surface area contributed by atoms with Crippen LogP contribution in [0, 0.1) is 11.2 Å². The molecule has 1 aromatic carbocycles. The minimum absolute atomic E-state index is 0.138. The van der Waals surface area contributed by atoms with E-state index in [2.05, 4.69) is 10.3 Å². The fourth-order valence-electron chi connectivity index (χ4n) is 3.06. The lowest BCUT2D eigenvalue weighted by molar-refractivity contribution is 0.0883. The third kappa shape index (κ3) is 3.55. The zero-order chi connectivity index (χ0) is 18.2. The summed E-state index contributed by atoms with van der Waals surface area (Å²) in [4.78, 5) is 13.0. The first-order valence-electron chi connectivity index (χ1n) is 8.13. The van der Waals surface area contributed by atoms with Gasteiger partial charge >= 0.3 is 6.09 Å². The number of hydrogen-bond donors (Lipinski definition) is 1. The van der Waals surface area contributed by atoms with E-state index >= 15 is 0 Å². The predicted molar refractivity (Wildman–Crippen MR) is 91.9 cm³/mol. The smallest absolute Gasteiger partial charge is 0.407 e. The van der Waals surface area contributed by atoms with Gasteiger partial charge in [0.05, 0.1) is 11.9 Å². The molecule has 0 bridgehead atoms. The Morgan fingerprint density at radius 3 is 2.56 bits per heavy atom. The normalized spacial score (nSPS) is 18.2. The Bertz CT molecular complexity index is 805. The molecule has 1 amide bonds. The number of aromatic nitrogens is 3. The van der Waals surface area contributed by atoms with Crippen molar-refractivity contribution in [3.05, 3.63) is 48.0 Å². The SMILES string of the molecule is CC(C)(C)C1CC(c2cn(-c3ccc(F)cc3)nn2)=CCN1C(=O)O. The first-order chi connectivity index (χ1) is 11.8. The molecule has 3 rings (SSSR count). The van der Waals surface area contributed by atoms with Gasteiger partial charge in [0.25, 0.3) is 0 Å². The molecule has 7 heteroatoms. The highest BCUT2D eigenvalue weighted by Crippen LogP contribution is 2.35. The monoisotopic (exact) mass is 344 g/mol. The van der Waals surface area contributed by atoms with Crippen LogP contribution < -0.4 is 0 Å². The molecule has 25 heavy (non-hydrogen) atoms. The van der Waals surface area contributed by atoms with E-state index in [1.807, 2.05) is 26.8 Å². The maximum atomic E-state index is 13.0. The number of benzene rings is 1. The van der Waals surface area contributed by atoms with Gasteiger partial charge in [-0.1, -0.05) is 32.1 Å². The van der Waals surface area contributed by atoms with E-state index in [0.29, 0.717) is 18.7 Å². The van der Waals surface area contributed by atoms with Crippen LogP contribution in [0.5, 0.6) is 0 Å². The highest BCUT2D eigenvalue weighted by Gasteiger charge is 2.36. The van der Waals surface area contributed by atoms with Crippen molar-refractivity contribution in [2.24, 2.45) is 5.41 Å². The van der Waals surface area contributed by atoms with Gasteiger partial charge in [-0.2, -0.15) is 0 Å². The average molecular weight is 344 g/mol. The second kappa shape index (κ2) is 6.31. The van der Waals surface area contributed by atoms with Crippen LogP contribution in [0.4, 0.5) is 9.18 Å². The largest absolute Gasteiger partial charge is 0.465 e. The highest BCUT2D eigenvalue weighted by atomic mass is 19.1. The van der Waals surface area contributed by atoms with Gasteiger partial charge in [-0.25, -0.2) is 13.9 Å². The van der Waals surface area contributed by atoms with Crippen LogP contribution in [0.25, 0.3) is 11.3 Å². The fraction of sp³-hybridized carbons (Fsp3) is 0.389. The average Bonchev–Trinajstić information content (AvgIpc) is 3.04. The Hall–Kier alpha value is -2.70. The maximum Gasteiger partial charge on any atom is 0.407 e. The molecule has 2 aromatic rings. The van der Waals surface area contributed by atoms with Crippen molar-refractivity contribution in [2.75, 3.05) is 6.54 Å². The third-order valence-corrected chi connectivity index (χ3v) is 4.48. The van der Waals surface area contributed by atoms with E-state index in [4.69, 9.17) is 0 Å². The van der Waals surface area contributed by atoms with Crippen molar-refractivity contribution >= 4 is 11.7 Å². The minimum Gasteiger partial charge on any atom is -0.465 e. The van der Waals surface area contributed by atoms with Crippen LogP contribution in [-0.2, 0) is 0 Å². The molecule has 132 valence electrons. The number of carbonyl (C=O) groups is 1.